The molecule has 0 saturated carbocycles. The maximum absolute atomic E-state index is 14.8. The number of ether oxygens (including phenoxy) is 1. The highest BCUT2D eigenvalue weighted by atomic mass is 19.1. The van der Waals surface area contributed by atoms with Gasteiger partial charge >= 0.3 is 0 Å². The van der Waals surface area contributed by atoms with Crippen LogP contribution in [0.1, 0.15) is 24.4 Å². The third-order valence-electron chi connectivity index (χ3n) is 7.81. The van der Waals surface area contributed by atoms with Crippen LogP contribution in [0.5, 0.6) is 5.75 Å². The summed E-state index contributed by atoms with van der Waals surface area (Å²) in [6.45, 7) is 2.49. The third-order valence-corrected chi connectivity index (χ3v) is 7.81. The first kappa shape index (κ1) is 28.0. The van der Waals surface area contributed by atoms with E-state index in [1.54, 1.807) is 18.6 Å². The summed E-state index contributed by atoms with van der Waals surface area (Å²) in [7, 11) is 3.87. The van der Waals surface area contributed by atoms with Crippen molar-refractivity contribution in [1.29, 1.82) is 0 Å². The summed E-state index contributed by atoms with van der Waals surface area (Å²) in [5, 5.41) is 11.0. The molecule has 224 valence electrons. The number of halogens is 1. The average Bonchev–Trinajstić information content (AvgIpc) is 3.65. The Hall–Kier alpha value is -4.78. The molecule has 0 aliphatic carbocycles. The molecule has 5 N–H and O–H groups in total. The fourth-order valence-electron chi connectivity index (χ4n) is 5.67. The molecule has 12 heteroatoms. The molecule has 44 heavy (non-hydrogen) atoms. The molecule has 1 saturated heterocycles. The normalized spacial score (nSPS) is 14.9. The SMILES string of the molecule is CN(C)CC(N)c1cc(F)cc(-c2nccc3[nH]c(-c4n[nH]c5ccc(-c6cncc(OC7CCNCC7)c6)nc45)nc23)c1. The number of aromatic nitrogens is 7. The molecule has 7 rings (SSSR count). The van der Waals surface area contributed by atoms with Gasteiger partial charge in [0.05, 0.1) is 28.6 Å². The number of nitrogens with zero attached hydrogens (tertiary/aromatic N) is 6. The first-order valence-corrected chi connectivity index (χ1v) is 14.7. The predicted molar refractivity (Wildman–Crippen MR) is 167 cm³/mol. The van der Waals surface area contributed by atoms with Gasteiger partial charge in [-0.25, -0.2) is 14.4 Å². The summed E-state index contributed by atoms with van der Waals surface area (Å²) in [6, 6.07) is 12.1. The van der Waals surface area contributed by atoms with Crippen molar-refractivity contribution in [1.82, 2.24) is 45.3 Å². The number of imidazole rings is 1. The fraction of sp³-hybridized carbons (Fsp3) is 0.281. The quantitative estimate of drug-likeness (QED) is 0.201. The van der Waals surface area contributed by atoms with Crippen molar-refractivity contribution < 1.29 is 9.13 Å². The maximum Gasteiger partial charge on any atom is 0.161 e. The van der Waals surface area contributed by atoms with Crippen molar-refractivity contribution in [2.24, 2.45) is 5.73 Å². The Labute approximate surface area is 253 Å². The zero-order valence-corrected chi connectivity index (χ0v) is 24.5. The number of H-pyrrole nitrogens is 2. The highest BCUT2D eigenvalue weighted by Gasteiger charge is 2.20. The van der Waals surface area contributed by atoms with Crippen LogP contribution in [0.4, 0.5) is 4.39 Å². The molecule has 1 atom stereocenters. The van der Waals surface area contributed by atoms with Crippen molar-refractivity contribution in [2.45, 2.75) is 25.0 Å². The maximum atomic E-state index is 14.8. The number of nitrogens with one attached hydrogen (secondary N) is 3. The van der Waals surface area contributed by atoms with Gasteiger partial charge in [0.2, 0.25) is 0 Å². The molecule has 0 amide bonds. The van der Waals surface area contributed by atoms with E-state index in [0.717, 1.165) is 54.0 Å². The molecule has 1 aliphatic heterocycles. The number of piperidine rings is 1. The zero-order chi connectivity index (χ0) is 30.2. The minimum Gasteiger partial charge on any atom is -0.489 e. The van der Waals surface area contributed by atoms with Crippen molar-refractivity contribution in [3.05, 3.63) is 72.4 Å². The lowest BCUT2D eigenvalue weighted by Crippen LogP contribution is -2.34. The van der Waals surface area contributed by atoms with Gasteiger partial charge in [0, 0.05) is 36.1 Å². The molecule has 0 spiro atoms. The van der Waals surface area contributed by atoms with Gasteiger partial charge in [0.25, 0.3) is 0 Å². The van der Waals surface area contributed by atoms with Crippen molar-refractivity contribution in [2.75, 3.05) is 33.7 Å². The summed E-state index contributed by atoms with van der Waals surface area (Å²) in [4.78, 5) is 24.1. The van der Waals surface area contributed by atoms with Crippen molar-refractivity contribution >= 4 is 22.1 Å². The lowest BCUT2D eigenvalue weighted by Gasteiger charge is -2.23. The molecular formula is C32H33FN10O. The van der Waals surface area contributed by atoms with Crippen LogP contribution in [-0.4, -0.2) is 79.9 Å². The smallest absolute Gasteiger partial charge is 0.161 e. The standard InChI is InChI=1S/C32H33FN10O/c1-43(2)17-24(34)18-11-19(13-21(33)12-18)28-29-26(7-10-37-28)39-32(40-29)31-30-27(41-42-31)4-3-25(38-30)20-14-23(16-36-15-20)44-22-5-8-35-9-6-22/h3-4,7,10-16,22,24,35H,5-6,8-9,17,34H2,1-2H3,(H,39,40)(H,41,42). The molecule has 5 aromatic heterocycles. The molecule has 6 heterocycles. The van der Waals surface area contributed by atoms with Gasteiger partial charge in [-0.3, -0.25) is 15.1 Å². The van der Waals surface area contributed by atoms with Crippen molar-refractivity contribution in [3.8, 4) is 39.8 Å². The highest BCUT2D eigenvalue weighted by molar-refractivity contribution is 5.95. The molecule has 1 unspecified atom stereocenters. The van der Waals surface area contributed by atoms with Gasteiger partial charge in [-0.15, -0.1) is 0 Å². The molecule has 0 bridgehead atoms. The number of fused-ring (bicyclic) bond motifs is 2. The molecule has 6 aromatic rings. The predicted octanol–water partition coefficient (Wildman–Crippen LogP) is 4.46. The first-order chi connectivity index (χ1) is 21.4. The Kier molecular flexibility index (Phi) is 7.46. The average molecular weight is 593 g/mol. The molecule has 1 fully saturated rings. The van der Waals surface area contributed by atoms with Crippen LogP contribution in [0.25, 0.3) is 56.1 Å². The van der Waals surface area contributed by atoms with E-state index < -0.39 is 0 Å². The molecule has 11 nitrogen and oxygen atoms in total. The monoisotopic (exact) mass is 592 g/mol. The lowest BCUT2D eigenvalue weighted by molar-refractivity contribution is 0.162. The minimum absolute atomic E-state index is 0.172. The Balaban J connectivity index is 1.24. The summed E-state index contributed by atoms with van der Waals surface area (Å²) in [5.41, 5.74) is 13.1. The minimum atomic E-state index is -0.379. The molecule has 1 aliphatic rings. The van der Waals surface area contributed by atoms with E-state index in [2.05, 4.69) is 30.5 Å². The number of aromatic amines is 2. The van der Waals surface area contributed by atoms with E-state index in [-0.39, 0.29) is 18.0 Å². The number of likely N-dealkylation sites (N-methyl/N-ethyl adjacent to an activating group) is 1. The summed E-state index contributed by atoms with van der Waals surface area (Å²) in [6.07, 6.45) is 7.29. The number of hydrogen-bond acceptors (Lipinski definition) is 9. The lowest BCUT2D eigenvalue weighted by atomic mass is 10.0. The number of hydrogen-bond donors (Lipinski definition) is 4. The van der Waals surface area contributed by atoms with E-state index in [1.807, 2.05) is 49.3 Å². The second-order valence-electron chi connectivity index (χ2n) is 11.4. The number of pyridine rings is 3. The molecular weight excluding hydrogens is 559 g/mol. The van der Waals surface area contributed by atoms with Crippen LogP contribution in [0.15, 0.2) is 61.1 Å². The van der Waals surface area contributed by atoms with E-state index in [1.165, 1.54) is 12.1 Å². The third kappa shape index (κ3) is 5.62. The Morgan fingerprint density at radius 2 is 1.82 bits per heavy atom. The fourth-order valence-corrected chi connectivity index (χ4v) is 5.67. The summed E-state index contributed by atoms with van der Waals surface area (Å²) < 4.78 is 21.0. The van der Waals surface area contributed by atoms with Crippen LogP contribution in [0.3, 0.4) is 0 Å². The highest BCUT2D eigenvalue weighted by Crippen LogP contribution is 2.32. The topological polar surface area (TPSA) is 147 Å². The number of rotatable bonds is 8. The Morgan fingerprint density at radius 3 is 2.66 bits per heavy atom. The van der Waals surface area contributed by atoms with E-state index >= 15 is 0 Å². The van der Waals surface area contributed by atoms with E-state index in [0.29, 0.717) is 45.9 Å². The number of nitrogens with two attached hydrogens (primary N) is 1. The second-order valence-corrected chi connectivity index (χ2v) is 11.4. The van der Waals surface area contributed by atoms with Crippen LogP contribution in [0.2, 0.25) is 0 Å². The van der Waals surface area contributed by atoms with Crippen LogP contribution < -0.4 is 15.8 Å². The van der Waals surface area contributed by atoms with Gasteiger partial charge in [-0.2, -0.15) is 5.10 Å². The second kappa shape index (κ2) is 11.7. The van der Waals surface area contributed by atoms with Gasteiger partial charge in [0.15, 0.2) is 11.5 Å². The van der Waals surface area contributed by atoms with Crippen molar-refractivity contribution in [3.63, 3.8) is 0 Å². The van der Waals surface area contributed by atoms with E-state index in [9.17, 15) is 4.39 Å². The van der Waals surface area contributed by atoms with Gasteiger partial charge in [-0.1, -0.05) is 0 Å². The van der Waals surface area contributed by atoms with Gasteiger partial charge in [0.1, 0.15) is 28.7 Å². The Morgan fingerprint density at radius 1 is 0.977 bits per heavy atom. The van der Waals surface area contributed by atoms with Gasteiger partial charge < -0.3 is 25.7 Å². The summed E-state index contributed by atoms with van der Waals surface area (Å²) >= 11 is 0. The van der Waals surface area contributed by atoms with Crippen LogP contribution >= 0.6 is 0 Å². The van der Waals surface area contributed by atoms with Crippen LogP contribution in [0, 0.1) is 5.82 Å². The van der Waals surface area contributed by atoms with Gasteiger partial charge in [-0.05, 0) is 88.1 Å². The van der Waals surface area contributed by atoms with E-state index in [4.69, 9.17) is 20.4 Å². The number of benzene rings is 1. The summed E-state index contributed by atoms with van der Waals surface area (Å²) in [5.74, 6) is 0.868. The van der Waals surface area contributed by atoms with Crippen LogP contribution in [-0.2, 0) is 0 Å². The molecule has 1 aromatic carbocycles. The largest absolute Gasteiger partial charge is 0.489 e. The first-order valence-electron chi connectivity index (χ1n) is 14.7. The zero-order valence-electron chi connectivity index (χ0n) is 24.5. The Bertz CT molecular complexity index is 1940. The molecule has 0 radical (unpaired) electrons.